The number of aromatic hydroxyl groups is 1. The molecule has 156 valence electrons. The first-order chi connectivity index (χ1) is 14.9. The van der Waals surface area contributed by atoms with Crippen molar-refractivity contribution < 1.29 is 19.8 Å². The molecule has 2 heterocycles. The Kier molecular flexibility index (Phi) is 5.29. The van der Waals surface area contributed by atoms with Crippen molar-refractivity contribution in [3.05, 3.63) is 100 Å². The molecule has 1 aromatic heterocycles. The van der Waals surface area contributed by atoms with Crippen LogP contribution in [0.3, 0.4) is 0 Å². The van der Waals surface area contributed by atoms with Gasteiger partial charge in [-0.15, -0.1) is 0 Å². The van der Waals surface area contributed by atoms with Gasteiger partial charge in [0.2, 0.25) is 0 Å². The van der Waals surface area contributed by atoms with E-state index in [4.69, 9.17) is 0 Å². The van der Waals surface area contributed by atoms with Crippen LogP contribution in [0, 0.1) is 13.8 Å². The zero-order valence-corrected chi connectivity index (χ0v) is 17.2. The molecule has 4 rings (SSSR count). The second-order valence-corrected chi connectivity index (χ2v) is 7.68. The number of carbonyl (C=O) groups is 2. The van der Waals surface area contributed by atoms with Gasteiger partial charge in [-0.25, -0.2) is 0 Å². The monoisotopic (exact) mass is 414 g/mol. The smallest absolute Gasteiger partial charge is 0.295 e. The Morgan fingerprint density at radius 2 is 1.84 bits per heavy atom. The average molecular weight is 414 g/mol. The van der Waals surface area contributed by atoms with Crippen LogP contribution >= 0.6 is 0 Å². The van der Waals surface area contributed by atoms with Gasteiger partial charge in [-0.1, -0.05) is 30.3 Å². The predicted molar refractivity (Wildman–Crippen MR) is 116 cm³/mol. The van der Waals surface area contributed by atoms with E-state index in [9.17, 15) is 19.8 Å². The molecule has 1 aliphatic rings. The lowest BCUT2D eigenvalue weighted by Gasteiger charge is -2.25. The highest BCUT2D eigenvalue weighted by Gasteiger charge is 2.46. The number of carbonyl (C=O) groups excluding carboxylic acids is 2. The van der Waals surface area contributed by atoms with Crippen LogP contribution in [0.4, 0.5) is 0 Å². The highest BCUT2D eigenvalue weighted by molar-refractivity contribution is 6.46. The molecule has 31 heavy (non-hydrogen) atoms. The summed E-state index contributed by atoms with van der Waals surface area (Å²) >= 11 is 0. The summed E-state index contributed by atoms with van der Waals surface area (Å²) in [5.74, 6) is -1.69. The van der Waals surface area contributed by atoms with Gasteiger partial charge in [0.15, 0.2) is 0 Å². The number of rotatable bonds is 4. The second kappa shape index (κ2) is 8.07. The van der Waals surface area contributed by atoms with Crippen molar-refractivity contribution in [1.82, 2.24) is 9.88 Å². The van der Waals surface area contributed by atoms with Crippen LogP contribution in [0.1, 0.15) is 33.9 Å². The molecule has 1 amide bonds. The van der Waals surface area contributed by atoms with Crippen molar-refractivity contribution >= 4 is 17.4 Å². The van der Waals surface area contributed by atoms with E-state index in [1.165, 1.54) is 17.0 Å². The van der Waals surface area contributed by atoms with Gasteiger partial charge in [0, 0.05) is 24.5 Å². The topological polar surface area (TPSA) is 90.7 Å². The molecule has 1 unspecified atom stereocenters. The van der Waals surface area contributed by atoms with Crippen molar-refractivity contribution in [3.8, 4) is 5.75 Å². The average Bonchev–Trinajstić information content (AvgIpc) is 3.01. The molecular formula is C25H22N2O4. The summed E-state index contributed by atoms with van der Waals surface area (Å²) in [7, 11) is 0. The molecule has 2 N–H and O–H groups in total. The number of nitrogens with zero attached hydrogens (tertiary/aromatic N) is 2. The number of pyridine rings is 1. The maximum atomic E-state index is 13.1. The van der Waals surface area contributed by atoms with Crippen molar-refractivity contribution in [2.24, 2.45) is 0 Å². The SMILES string of the molecule is Cc1ccc(/C(O)=C2/C(=O)C(=O)N(Cc3cccnc3)C2c2cccc(O)c2)cc1C. The number of likely N-dealkylation sites (tertiary alicyclic amines) is 1. The van der Waals surface area contributed by atoms with Gasteiger partial charge >= 0.3 is 0 Å². The molecule has 0 bridgehead atoms. The third-order valence-corrected chi connectivity index (χ3v) is 5.58. The van der Waals surface area contributed by atoms with E-state index < -0.39 is 17.7 Å². The van der Waals surface area contributed by atoms with E-state index in [-0.39, 0.29) is 23.6 Å². The fourth-order valence-corrected chi connectivity index (χ4v) is 3.82. The minimum Gasteiger partial charge on any atom is -0.508 e. The second-order valence-electron chi connectivity index (χ2n) is 7.68. The minimum absolute atomic E-state index is 0.00254. The highest BCUT2D eigenvalue weighted by atomic mass is 16.3. The molecule has 0 spiro atoms. The lowest BCUT2D eigenvalue weighted by atomic mass is 9.94. The Balaban J connectivity index is 1.88. The van der Waals surface area contributed by atoms with Crippen LogP contribution in [0.15, 0.2) is 72.6 Å². The number of amides is 1. The Bertz CT molecular complexity index is 1200. The van der Waals surface area contributed by atoms with E-state index in [1.54, 1.807) is 42.7 Å². The number of Topliss-reactive ketones (excluding diaryl/α,β-unsaturated/α-hetero) is 1. The zero-order valence-electron chi connectivity index (χ0n) is 17.2. The standard InChI is InChI=1S/C25H22N2O4/c1-15-8-9-19(11-16(15)2)23(29)21-22(18-6-3-7-20(28)12-18)27(25(31)24(21)30)14-17-5-4-10-26-13-17/h3-13,22,28-29H,14H2,1-2H3/b23-21-. The molecular weight excluding hydrogens is 392 g/mol. The molecule has 1 saturated heterocycles. The number of phenols is 1. The number of ketones is 1. The molecule has 6 heteroatoms. The first-order valence-corrected chi connectivity index (χ1v) is 9.90. The Hall–Kier alpha value is -3.93. The molecule has 0 saturated carbocycles. The van der Waals surface area contributed by atoms with E-state index >= 15 is 0 Å². The largest absolute Gasteiger partial charge is 0.508 e. The Morgan fingerprint density at radius 3 is 2.52 bits per heavy atom. The lowest BCUT2D eigenvalue weighted by molar-refractivity contribution is -0.140. The summed E-state index contributed by atoms with van der Waals surface area (Å²) in [5, 5.41) is 21.1. The molecule has 1 fully saturated rings. The van der Waals surface area contributed by atoms with E-state index in [2.05, 4.69) is 4.98 Å². The summed E-state index contributed by atoms with van der Waals surface area (Å²) in [4.78, 5) is 31.5. The maximum Gasteiger partial charge on any atom is 0.295 e. The molecule has 1 aliphatic heterocycles. The zero-order chi connectivity index (χ0) is 22.1. The fourth-order valence-electron chi connectivity index (χ4n) is 3.82. The quantitative estimate of drug-likeness (QED) is 0.382. The van der Waals surface area contributed by atoms with E-state index in [0.717, 1.165) is 16.7 Å². The van der Waals surface area contributed by atoms with Crippen LogP contribution in [0.5, 0.6) is 5.75 Å². The van der Waals surface area contributed by atoms with Gasteiger partial charge < -0.3 is 15.1 Å². The van der Waals surface area contributed by atoms with Gasteiger partial charge in [-0.3, -0.25) is 14.6 Å². The van der Waals surface area contributed by atoms with Crippen molar-refractivity contribution in [3.63, 3.8) is 0 Å². The van der Waals surface area contributed by atoms with Crippen LogP contribution in [-0.4, -0.2) is 31.8 Å². The predicted octanol–water partition coefficient (Wildman–Crippen LogP) is 4.03. The summed E-state index contributed by atoms with van der Waals surface area (Å²) in [6.07, 6.45) is 3.26. The minimum atomic E-state index is -0.839. The van der Waals surface area contributed by atoms with Crippen LogP contribution in [-0.2, 0) is 16.1 Å². The third-order valence-electron chi connectivity index (χ3n) is 5.58. The number of aliphatic hydroxyl groups is 1. The lowest BCUT2D eigenvalue weighted by Crippen LogP contribution is -2.29. The van der Waals surface area contributed by atoms with E-state index in [1.807, 2.05) is 26.0 Å². The van der Waals surface area contributed by atoms with Crippen LogP contribution < -0.4 is 0 Å². The summed E-state index contributed by atoms with van der Waals surface area (Å²) in [5.41, 5.74) is 3.77. The first kappa shape index (κ1) is 20.3. The van der Waals surface area contributed by atoms with Crippen LogP contribution in [0.25, 0.3) is 5.76 Å². The normalized spacial score (nSPS) is 17.9. The fraction of sp³-hybridized carbons (Fsp3) is 0.160. The molecule has 3 aromatic rings. The number of aryl methyl sites for hydroxylation is 2. The number of phenolic OH excluding ortho intramolecular Hbond substituents is 1. The number of aliphatic hydroxyl groups excluding tert-OH is 1. The Labute approximate surface area is 180 Å². The number of hydrogen-bond acceptors (Lipinski definition) is 5. The number of benzene rings is 2. The van der Waals surface area contributed by atoms with Crippen molar-refractivity contribution in [1.29, 1.82) is 0 Å². The van der Waals surface area contributed by atoms with Gasteiger partial charge in [0.25, 0.3) is 11.7 Å². The van der Waals surface area contributed by atoms with E-state index in [0.29, 0.717) is 11.1 Å². The molecule has 6 nitrogen and oxygen atoms in total. The molecule has 2 aromatic carbocycles. The van der Waals surface area contributed by atoms with Crippen molar-refractivity contribution in [2.75, 3.05) is 0 Å². The summed E-state index contributed by atoms with van der Waals surface area (Å²) < 4.78 is 0. The highest BCUT2D eigenvalue weighted by Crippen LogP contribution is 2.41. The van der Waals surface area contributed by atoms with Gasteiger partial charge in [0.05, 0.1) is 11.6 Å². The van der Waals surface area contributed by atoms with Gasteiger partial charge in [-0.2, -0.15) is 0 Å². The molecule has 0 aliphatic carbocycles. The van der Waals surface area contributed by atoms with Gasteiger partial charge in [-0.05, 0) is 60.4 Å². The maximum absolute atomic E-state index is 13.1. The number of aromatic nitrogens is 1. The Morgan fingerprint density at radius 1 is 1.03 bits per heavy atom. The summed E-state index contributed by atoms with van der Waals surface area (Å²) in [6.45, 7) is 4.01. The van der Waals surface area contributed by atoms with Crippen LogP contribution in [0.2, 0.25) is 0 Å². The molecule has 1 atom stereocenters. The van der Waals surface area contributed by atoms with Gasteiger partial charge in [0.1, 0.15) is 11.5 Å². The summed E-state index contributed by atoms with van der Waals surface area (Å²) in [6, 6.07) is 14.5. The molecule has 0 radical (unpaired) electrons. The third kappa shape index (κ3) is 3.80. The number of hydrogen-bond donors (Lipinski definition) is 2. The first-order valence-electron chi connectivity index (χ1n) is 9.90. The van der Waals surface area contributed by atoms with Crippen molar-refractivity contribution in [2.45, 2.75) is 26.4 Å².